The molecule has 0 aliphatic heterocycles. The minimum absolute atomic E-state index is 0.0915. The smallest absolute Gasteiger partial charge is 0.275 e. The van der Waals surface area contributed by atoms with Crippen LogP contribution >= 0.6 is 0 Å². The number of aromatic nitrogens is 4. The molecular weight excluding hydrogens is 226 g/mol. The molecule has 2 aromatic heterocycles. The van der Waals surface area contributed by atoms with E-state index in [1.165, 1.54) is 6.92 Å². The molecule has 17 heavy (non-hydrogen) atoms. The second-order valence-electron chi connectivity index (χ2n) is 4.13. The van der Waals surface area contributed by atoms with E-state index in [0.29, 0.717) is 11.7 Å². The molecule has 1 aliphatic rings. The van der Waals surface area contributed by atoms with Gasteiger partial charge < -0.3 is 0 Å². The molecule has 0 bridgehead atoms. The fourth-order valence-corrected chi connectivity index (χ4v) is 1.78. The monoisotopic (exact) mass is 235 g/mol. The van der Waals surface area contributed by atoms with Crippen LogP contribution < -0.4 is 5.56 Å². The number of H-pyrrole nitrogens is 1. The molecule has 0 atom stereocenters. The third-order valence-corrected chi connectivity index (χ3v) is 2.81. The fourth-order valence-electron chi connectivity index (χ4n) is 1.78. The van der Waals surface area contributed by atoms with E-state index >= 15 is 0 Å². The summed E-state index contributed by atoms with van der Waals surface area (Å²) >= 11 is 0. The number of hydrogen-bond acceptors (Lipinski definition) is 5. The summed E-state index contributed by atoms with van der Waals surface area (Å²) in [5, 5.41) is 13.5. The second kappa shape index (κ2) is 3.12. The number of nitrogens with one attached hydrogen (secondary N) is 1. The van der Waals surface area contributed by atoms with E-state index in [-0.39, 0.29) is 11.5 Å². The minimum atomic E-state index is -0.714. The highest BCUT2D eigenvalue weighted by Crippen LogP contribution is 2.37. The third kappa shape index (κ3) is 1.41. The van der Waals surface area contributed by atoms with Gasteiger partial charge in [0.15, 0.2) is 0 Å². The first-order valence-corrected chi connectivity index (χ1v) is 5.21. The van der Waals surface area contributed by atoms with Crippen LogP contribution in [0.2, 0.25) is 0 Å². The SMILES string of the molecule is Cc1nc2nc(C3CC3)[nH]n2c(=O)c1[N+](=O)[O-]. The van der Waals surface area contributed by atoms with Crippen LogP contribution in [0, 0.1) is 17.0 Å². The van der Waals surface area contributed by atoms with Crippen molar-refractivity contribution in [2.45, 2.75) is 25.7 Å². The molecule has 2 heterocycles. The summed E-state index contributed by atoms with van der Waals surface area (Å²) in [5.74, 6) is 1.20. The van der Waals surface area contributed by atoms with Gasteiger partial charge >= 0.3 is 11.2 Å². The topological polar surface area (TPSA) is 106 Å². The van der Waals surface area contributed by atoms with Crippen molar-refractivity contribution in [1.29, 1.82) is 0 Å². The Labute approximate surface area is 94.4 Å². The van der Waals surface area contributed by atoms with Crippen LogP contribution in [0.1, 0.15) is 30.3 Å². The van der Waals surface area contributed by atoms with Crippen molar-refractivity contribution in [3.8, 4) is 0 Å². The number of aryl methyl sites for hydroxylation is 1. The molecule has 1 saturated carbocycles. The Morgan fingerprint density at radius 1 is 1.47 bits per heavy atom. The molecule has 3 rings (SSSR count). The Morgan fingerprint density at radius 3 is 2.76 bits per heavy atom. The predicted molar refractivity (Wildman–Crippen MR) is 57.0 cm³/mol. The summed E-state index contributed by atoms with van der Waals surface area (Å²) in [4.78, 5) is 30.0. The maximum Gasteiger partial charge on any atom is 0.357 e. The number of hydrogen-bond donors (Lipinski definition) is 1. The van der Waals surface area contributed by atoms with E-state index in [4.69, 9.17) is 0 Å². The van der Waals surface area contributed by atoms with E-state index < -0.39 is 16.2 Å². The Morgan fingerprint density at radius 2 is 2.18 bits per heavy atom. The average Bonchev–Trinajstić information content (AvgIpc) is 2.99. The maximum absolute atomic E-state index is 11.9. The lowest BCUT2D eigenvalue weighted by Crippen LogP contribution is -2.20. The summed E-state index contributed by atoms with van der Waals surface area (Å²) in [6, 6.07) is 0. The highest BCUT2D eigenvalue weighted by molar-refractivity contribution is 5.40. The van der Waals surface area contributed by atoms with Gasteiger partial charge in [0.2, 0.25) is 0 Å². The van der Waals surface area contributed by atoms with E-state index in [1.54, 1.807) is 0 Å². The van der Waals surface area contributed by atoms with Crippen molar-refractivity contribution in [1.82, 2.24) is 19.6 Å². The molecular formula is C9H9N5O3. The highest BCUT2D eigenvalue weighted by atomic mass is 16.6. The Balaban J connectivity index is 2.32. The molecule has 0 radical (unpaired) electrons. The van der Waals surface area contributed by atoms with Gasteiger partial charge in [0.1, 0.15) is 11.5 Å². The van der Waals surface area contributed by atoms with Gasteiger partial charge in [-0.25, -0.2) is 4.98 Å². The standard InChI is InChI=1S/C9H9N5O3/c1-4-6(14(16)17)8(15)13-9(10-4)11-7(12-13)5-2-3-5/h5H,2-3H2,1H3,(H,10,11,12). The van der Waals surface area contributed by atoms with Gasteiger partial charge in [-0.05, 0) is 19.8 Å². The second-order valence-corrected chi connectivity index (χ2v) is 4.13. The number of aromatic amines is 1. The molecule has 1 fully saturated rings. The predicted octanol–water partition coefficient (Wildman–Crippen LogP) is 0.512. The summed E-state index contributed by atoms with van der Waals surface area (Å²) < 4.78 is 1.04. The molecule has 2 aromatic rings. The van der Waals surface area contributed by atoms with E-state index in [9.17, 15) is 14.9 Å². The molecule has 0 unspecified atom stereocenters. The lowest BCUT2D eigenvalue weighted by molar-refractivity contribution is -0.387. The van der Waals surface area contributed by atoms with Crippen LogP contribution in [0.5, 0.6) is 0 Å². The number of fused-ring (bicyclic) bond motifs is 1. The Bertz CT molecular complexity index is 682. The molecule has 1 N–H and O–H groups in total. The lowest BCUT2D eigenvalue weighted by Gasteiger charge is -1.95. The minimum Gasteiger partial charge on any atom is -0.275 e. The van der Waals surface area contributed by atoms with Crippen molar-refractivity contribution >= 4 is 11.5 Å². The first-order valence-electron chi connectivity index (χ1n) is 5.21. The highest BCUT2D eigenvalue weighted by Gasteiger charge is 2.29. The zero-order valence-electron chi connectivity index (χ0n) is 9.01. The molecule has 0 spiro atoms. The normalized spacial score (nSPS) is 15.4. The molecule has 0 amide bonds. The van der Waals surface area contributed by atoms with E-state index in [2.05, 4.69) is 15.1 Å². The third-order valence-electron chi connectivity index (χ3n) is 2.81. The molecule has 0 aromatic carbocycles. The summed E-state index contributed by atoms with van der Waals surface area (Å²) in [6.07, 6.45) is 2.05. The van der Waals surface area contributed by atoms with Crippen LogP contribution in [-0.4, -0.2) is 24.5 Å². The fraction of sp³-hybridized carbons (Fsp3) is 0.444. The largest absolute Gasteiger partial charge is 0.357 e. The van der Waals surface area contributed by atoms with Gasteiger partial charge in [0, 0.05) is 5.92 Å². The summed E-state index contributed by atoms with van der Waals surface area (Å²) in [6.45, 7) is 1.44. The number of nitrogens with zero attached hydrogens (tertiary/aromatic N) is 4. The van der Waals surface area contributed by atoms with Crippen molar-refractivity contribution in [3.63, 3.8) is 0 Å². The maximum atomic E-state index is 11.9. The van der Waals surface area contributed by atoms with E-state index in [1.807, 2.05) is 0 Å². The first kappa shape index (κ1) is 9.94. The molecule has 0 saturated heterocycles. The van der Waals surface area contributed by atoms with Gasteiger partial charge in [0.05, 0.1) is 4.92 Å². The zero-order valence-corrected chi connectivity index (χ0v) is 9.01. The molecule has 8 heteroatoms. The summed E-state index contributed by atoms with van der Waals surface area (Å²) in [7, 11) is 0. The number of nitro groups is 1. The van der Waals surface area contributed by atoms with Crippen molar-refractivity contribution in [2.75, 3.05) is 0 Å². The average molecular weight is 235 g/mol. The Hall–Kier alpha value is -2.25. The quantitative estimate of drug-likeness (QED) is 0.603. The van der Waals surface area contributed by atoms with Crippen molar-refractivity contribution in [2.24, 2.45) is 0 Å². The van der Waals surface area contributed by atoms with Gasteiger partial charge in [-0.3, -0.25) is 20.0 Å². The van der Waals surface area contributed by atoms with Gasteiger partial charge in [-0.2, -0.15) is 9.50 Å². The number of rotatable bonds is 2. The Kier molecular flexibility index (Phi) is 1.83. The van der Waals surface area contributed by atoms with Crippen LogP contribution in [0.15, 0.2) is 4.79 Å². The van der Waals surface area contributed by atoms with Crippen LogP contribution in [0.4, 0.5) is 5.69 Å². The molecule has 88 valence electrons. The van der Waals surface area contributed by atoms with Crippen LogP contribution in [-0.2, 0) is 0 Å². The van der Waals surface area contributed by atoms with E-state index in [0.717, 1.165) is 17.4 Å². The van der Waals surface area contributed by atoms with Crippen LogP contribution in [0.25, 0.3) is 5.78 Å². The van der Waals surface area contributed by atoms with Gasteiger partial charge in [-0.15, -0.1) is 0 Å². The van der Waals surface area contributed by atoms with Crippen LogP contribution in [0.3, 0.4) is 0 Å². The van der Waals surface area contributed by atoms with Crippen molar-refractivity contribution in [3.05, 3.63) is 32.0 Å². The van der Waals surface area contributed by atoms with Gasteiger partial charge in [-0.1, -0.05) is 0 Å². The van der Waals surface area contributed by atoms with Gasteiger partial charge in [0.25, 0.3) is 5.78 Å². The molecule has 8 nitrogen and oxygen atoms in total. The first-order chi connectivity index (χ1) is 8.08. The summed E-state index contributed by atoms with van der Waals surface area (Å²) in [5.41, 5.74) is -1.13. The van der Waals surface area contributed by atoms with Crippen molar-refractivity contribution < 1.29 is 4.92 Å². The lowest BCUT2D eigenvalue weighted by atomic mass is 10.4. The molecule has 1 aliphatic carbocycles. The zero-order chi connectivity index (χ0) is 12.2.